The molecule has 1 atom stereocenters. The molecule has 3 rings (SSSR count). The summed E-state index contributed by atoms with van der Waals surface area (Å²) in [6.45, 7) is 5.18. The Morgan fingerprint density at radius 1 is 0.854 bits per heavy atom. The first-order chi connectivity index (χ1) is 23.4. The predicted octanol–water partition coefficient (Wildman–Crippen LogP) is 7.57. The minimum absolute atomic E-state index is 0.0209. The maximum Gasteiger partial charge on any atom is 0.407 e. The van der Waals surface area contributed by atoms with E-state index in [0.717, 1.165) is 23.7 Å². The van der Waals surface area contributed by atoms with Gasteiger partial charge in [-0.1, -0.05) is 115 Å². The van der Waals surface area contributed by atoms with Gasteiger partial charge in [0.2, 0.25) is 15.5 Å². The number of unbranched alkanes of at least 4 members (excludes halogenated alkanes) is 15. The van der Waals surface area contributed by atoms with E-state index in [1.807, 2.05) is 42.6 Å². The van der Waals surface area contributed by atoms with Crippen molar-refractivity contribution in [3.05, 3.63) is 54.7 Å². The third kappa shape index (κ3) is 16.4. The standard InChI is InChI=1S/C37H60N6O4S/c1-3-4-5-6-7-8-9-10-11-12-13-14-15-16-17-20-26-38-37(44)47-31-35(43-32-39-33(2)41-43)30-40-48(45,46)29-22-28-42-27-21-24-34-23-18-19-25-36(34)42/h18-19,21,23-25,27,32,35,40H,3-17,20,22,26,28-31H2,1-2H3/p+1. The number of rotatable bonds is 27. The fourth-order valence-electron chi connectivity index (χ4n) is 5.99. The van der Waals surface area contributed by atoms with Crippen LogP contribution in [0.3, 0.4) is 0 Å². The first-order valence-electron chi connectivity index (χ1n) is 18.5. The molecule has 11 heteroatoms. The fourth-order valence-corrected chi connectivity index (χ4v) is 7.09. The van der Waals surface area contributed by atoms with Gasteiger partial charge in [-0.15, -0.1) is 0 Å². The summed E-state index contributed by atoms with van der Waals surface area (Å²) in [5.41, 5.74) is 1.07. The van der Waals surface area contributed by atoms with Gasteiger partial charge in [-0.3, -0.25) is 0 Å². The smallest absolute Gasteiger partial charge is 0.407 e. The number of aryl methyl sites for hydroxylation is 2. The van der Waals surface area contributed by atoms with Crippen LogP contribution in [0.15, 0.2) is 48.9 Å². The highest BCUT2D eigenvalue weighted by atomic mass is 32.2. The van der Waals surface area contributed by atoms with E-state index in [9.17, 15) is 13.2 Å². The maximum atomic E-state index is 12.9. The summed E-state index contributed by atoms with van der Waals surface area (Å²) in [7, 11) is -3.56. The van der Waals surface area contributed by atoms with E-state index in [4.69, 9.17) is 4.74 Å². The van der Waals surface area contributed by atoms with Gasteiger partial charge in [0.15, 0.2) is 6.20 Å². The number of alkyl carbamates (subject to hydrolysis) is 1. The number of hydrogen-bond donors (Lipinski definition) is 2. The van der Waals surface area contributed by atoms with E-state index < -0.39 is 22.2 Å². The Labute approximate surface area is 289 Å². The topological polar surface area (TPSA) is 119 Å². The summed E-state index contributed by atoms with van der Waals surface area (Å²) in [6, 6.07) is 11.5. The molecule has 10 nitrogen and oxygen atoms in total. The first-order valence-corrected chi connectivity index (χ1v) is 20.2. The second kappa shape index (κ2) is 23.3. The van der Waals surface area contributed by atoms with Crippen molar-refractivity contribution in [3.63, 3.8) is 0 Å². The van der Waals surface area contributed by atoms with Gasteiger partial charge in [-0.25, -0.2) is 27.6 Å². The molecule has 48 heavy (non-hydrogen) atoms. The molecule has 0 saturated heterocycles. The molecule has 0 spiro atoms. The number of carbonyl (C=O) groups is 1. The zero-order chi connectivity index (χ0) is 34.3. The molecule has 3 aromatic rings. The van der Waals surface area contributed by atoms with E-state index in [1.165, 1.54) is 96.2 Å². The van der Waals surface area contributed by atoms with Crippen molar-refractivity contribution in [2.45, 2.75) is 136 Å². The number of ether oxygens (including phenoxy) is 1. The third-order valence-corrected chi connectivity index (χ3v) is 10.3. The van der Waals surface area contributed by atoms with Crippen molar-refractivity contribution < 1.29 is 22.5 Å². The van der Waals surface area contributed by atoms with Crippen LogP contribution in [0.25, 0.3) is 10.9 Å². The van der Waals surface area contributed by atoms with E-state index in [1.54, 1.807) is 11.6 Å². The second-order valence-corrected chi connectivity index (χ2v) is 15.0. The molecule has 0 saturated carbocycles. The van der Waals surface area contributed by atoms with Gasteiger partial charge in [-0.05, 0) is 25.5 Å². The third-order valence-electron chi connectivity index (χ3n) is 8.84. The van der Waals surface area contributed by atoms with Gasteiger partial charge < -0.3 is 10.1 Å². The lowest BCUT2D eigenvalue weighted by Crippen LogP contribution is -2.38. The quantitative estimate of drug-likeness (QED) is 0.0632. The lowest BCUT2D eigenvalue weighted by Gasteiger charge is -2.18. The molecule has 2 heterocycles. The Balaban J connectivity index is 1.25. The SMILES string of the molecule is CCCCCCCCCCCCCCCCCCNC(=O)OCC(CNS(=O)(=O)CCC[n+]1cccc2ccccc21)n1cnc(C)n1. The molecule has 2 aromatic heterocycles. The Bertz CT molecular complexity index is 1410. The monoisotopic (exact) mass is 685 g/mol. The van der Waals surface area contributed by atoms with Crippen LogP contribution in [0.1, 0.15) is 128 Å². The van der Waals surface area contributed by atoms with E-state index in [0.29, 0.717) is 25.3 Å². The molecule has 1 amide bonds. The van der Waals surface area contributed by atoms with E-state index in [2.05, 4.69) is 31.6 Å². The van der Waals surface area contributed by atoms with Crippen LogP contribution in [0.4, 0.5) is 4.79 Å². The summed E-state index contributed by atoms with van der Waals surface area (Å²) >= 11 is 0. The lowest BCUT2D eigenvalue weighted by molar-refractivity contribution is -0.671. The average Bonchev–Trinajstić information content (AvgIpc) is 3.52. The summed E-state index contributed by atoms with van der Waals surface area (Å²) in [5.74, 6) is 0.537. The number of fused-ring (bicyclic) bond motifs is 1. The fraction of sp³-hybridized carbons (Fsp3) is 0.676. The zero-order valence-corrected chi connectivity index (χ0v) is 30.4. The van der Waals surface area contributed by atoms with Crippen LogP contribution in [-0.2, 0) is 21.3 Å². The summed E-state index contributed by atoms with van der Waals surface area (Å²) < 4.78 is 37.5. The number of carbonyl (C=O) groups excluding carboxylic acids is 1. The van der Waals surface area contributed by atoms with Crippen LogP contribution >= 0.6 is 0 Å². The van der Waals surface area contributed by atoms with Gasteiger partial charge in [0.05, 0.1) is 5.75 Å². The maximum absolute atomic E-state index is 12.9. The highest BCUT2D eigenvalue weighted by molar-refractivity contribution is 7.89. The number of sulfonamides is 1. The van der Waals surface area contributed by atoms with Crippen LogP contribution < -0.4 is 14.6 Å². The molecule has 0 aliphatic carbocycles. The van der Waals surface area contributed by atoms with Crippen molar-refractivity contribution >= 4 is 27.0 Å². The second-order valence-electron chi connectivity index (χ2n) is 13.0. The van der Waals surface area contributed by atoms with Crippen LogP contribution in [0, 0.1) is 6.92 Å². The molecule has 268 valence electrons. The van der Waals surface area contributed by atoms with Crippen molar-refractivity contribution in [1.29, 1.82) is 0 Å². The molecule has 2 N–H and O–H groups in total. The molecule has 0 aliphatic heterocycles. The summed E-state index contributed by atoms with van der Waals surface area (Å²) in [5, 5.41) is 8.26. The lowest BCUT2D eigenvalue weighted by atomic mass is 10.0. The van der Waals surface area contributed by atoms with Crippen molar-refractivity contribution in [3.8, 4) is 0 Å². The zero-order valence-electron chi connectivity index (χ0n) is 29.6. The number of nitrogens with one attached hydrogen (secondary N) is 2. The van der Waals surface area contributed by atoms with Crippen LogP contribution in [-0.4, -0.2) is 54.7 Å². The van der Waals surface area contributed by atoms with Crippen molar-refractivity contribution in [1.82, 2.24) is 24.8 Å². The number of benzene rings is 1. The molecular weight excluding hydrogens is 625 g/mol. The molecule has 0 bridgehead atoms. The van der Waals surface area contributed by atoms with Crippen LogP contribution in [0.2, 0.25) is 0 Å². The van der Waals surface area contributed by atoms with Crippen molar-refractivity contribution in [2.24, 2.45) is 0 Å². The average molecular weight is 686 g/mol. The molecule has 0 aliphatic rings. The molecule has 1 unspecified atom stereocenters. The number of amides is 1. The Morgan fingerprint density at radius 2 is 1.46 bits per heavy atom. The number of nitrogens with zero attached hydrogens (tertiary/aromatic N) is 4. The molecule has 0 fully saturated rings. The van der Waals surface area contributed by atoms with Gasteiger partial charge in [0, 0.05) is 37.0 Å². The molecule has 0 radical (unpaired) electrons. The number of pyridine rings is 1. The minimum atomic E-state index is -3.56. The predicted molar refractivity (Wildman–Crippen MR) is 193 cm³/mol. The van der Waals surface area contributed by atoms with E-state index >= 15 is 0 Å². The highest BCUT2D eigenvalue weighted by Gasteiger charge is 2.20. The van der Waals surface area contributed by atoms with Gasteiger partial charge >= 0.3 is 6.09 Å². The summed E-state index contributed by atoms with van der Waals surface area (Å²) in [4.78, 5) is 16.6. The highest BCUT2D eigenvalue weighted by Crippen LogP contribution is 2.14. The Kier molecular flexibility index (Phi) is 19.1. The molecule has 1 aromatic carbocycles. The van der Waals surface area contributed by atoms with Gasteiger partial charge in [-0.2, -0.15) is 9.67 Å². The van der Waals surface area contributed by atoms with Gasteiger partial charge in [0.1, 0.15) is 31.3 Å². The number of para-hydroxylation sites is 1. The first kappa shape index (κ1) is 39.4. The summed E-state index contributed by atoms with van der Waals surface area (Å²) in [6.07, 6.45) is 24.4. The van der Waals surface area contributed by atoms with Gasteiger partial charge in [0.25, 0.3) is 0 Å². The Hall–Kier alpha value is -3.05. The molecular formula is C37H61N6O4S+. The number of aromatic nitrogens is 4. The van der Waals surface area contributed by atoms with E-state index in [-0.39, 0.29) is 18.9 Å². The van der Waals surface area contributed by atoms with Crippen molar-refractivity contribution in [2.75, 3.05) is 25.4 Å². The number of hydrogen-bond acceptors (Lipinski definition) is 6. The minimum Gasteiger partial charge on any atom is -0.447 e. The largest absolute Gasteiger partial charge is 0.447 e. The Morgan fingerprint density at radius 3 is 2.08 bits per heavy atom. The normalized spacial score (nSPS) is 12.4. The van der Waals surface area contributed by atoms with Crippen LogP contribution in [0.5, 0.6) is 0 Å².